The normalized spacial score (nSPS) is 11.9. The number of carbonyl (C=O) groups is 2. The van der Waals surface area contributed by atoms with E-state index >= 15 is 0 Å². The van der Waals surface area contributed by atoms with E-state index in [0.29, 0.717) is 12.3 Å². The van der Waals surface area contributed by atoms with Crippen molar-refractivity contribution in [3.63, 3.8) is 0 Å². The molecule has 3 aromatic rings. The maximum Gasteiger partial charge on any atom is 0.264 e. The molecule has 3 aromatic carbocycles. The number of hydrogen-bond donors (Lipinski definition) is 1. The minimum Gasteiger partial charge on any atom is -0.497 e. The molecule has 0 bridgehead atoms. The third kappa shape index (κ3) is 8.03. The van der Waals surface area contributed by atoms with Crippen molar-refractivity contribution < 1.29 is 27.5 Å². The monoisotopic (exact) mass is 595 g/mol. The van der Waals surface area contributed by atoms with Crippen LogP contribution >= 0.6 is 0 Å². The van der Waals surface area contributed by atoms with Gasteiger partial charge in [0.15, 0.2) is 0 Å². The van der Waals surface area contributed by atoms with E-state index < -0.39 is 28.5 Å². The van der Waals surface area contributed by atoms with Crippen LogP contribution in [0, 0.1) is 13.8 Å². The highest BCUT2D eigenvalue weighted by molar-refractivity contribution is 7.92. The van der Waals surface area contributed by atoms with E-state index in [1.807, 2.05) is 45.0 Å². The number of aryl methyl sites for hydroxylation is 2. The van der Waals surface area contributed by atoms with Gasteiger partial charge in [0.05, 0.1) is 24.8 Å². The Morgan fingerprint density at radius 2 is 1.52 bits per heavy atom. The summed E-state index contributed by atoms with van der Waals surface area (Å²) in [6.45, 7) is 7.54. The first kappa shape index (κ1) is 32.5. The van der Waals surface area contributed by atoms with Crippen LogP contribution in [-0.4, -0.2) is 58.5 Å². The molecule has 226 valence electrons. The van der Waals surface area contributed by atoms with Gasteiger partial charge >= 0.3 is 0 Å². The molecular formula is C32H41N3O6S. The highest BCUT2D eigenvalue weighted by Crippen LogP contribution is 2.36. The lowest BCUT2D eigenvalue weighted by Crippen LogP contribution is -2.51. The van der Waals surface area contributed by atoms with Gasteiger partial charge in [0.1, 0.15) is 24.1 Å². The molecule has 9 nitrogen and oxygen atoms in total. The lowest BCUT2D eigenvalue weighted by atomic mass is 10.1. The molecule has 2 amide bonds. The molecule has 0 aromatic heterocycles. The quantitative estimate of drug-likeness (QED) is 0.267. The summed E-state index contributed by atoms with van der Waals surface area (Å²) in [4.78, 5) is 28.7. The number of ether oxygens (including phenoxy) is 2. The van der Waals surface area contributed by atoms with E-state index in [4.69, 9.17) is 9.47 Å². The molecule has 0 fully saturated rings. The van der Waals surface area contributed by atoms with Crippen LogP contribution in [0.2, 0.25) is 0 Å². The molecule has 10 heteroatoms. The van der Waals surface area contributed by atoms with Crippen molar-refractivity contribution in [3.05, 3.63) is 83.4 Å². The molecule has 0 saturated heterocycles. The highest BCUT2D eigenvalue weighted by atomic mass is 32.2. The number of anilines is 1. The van der Waals surface area contributed by atoms with Gasteiger partial charge in [0, 0.05) is 19.2 Å². The second kappa shape index (κ2) is 14.7. The van der Waals surface area contributed by atoms with Gasteiger partial charge in [-0.25, -0.2) is 8.42 Å². The Kier molecular flexibility index (Phi) is 11.4. The maximum absolute atomic E-state index is 14.1. The number of rotatable bonds is 14. The van der Waals surface area contributed by atoms with Crippen LogP contribution in [0.15, 0.2) is 71.6 Å². The van der Waals surface area contributed by atoms with E-state index in [1.54, 1.807) is 31.2 Å². The van der Waals surface area contributed by atoms with Crippen molar-refractivity contribution in [2.45, 2.75) is 58.0 Å². The summed E-state index contributed by atoms with van der Waals surface area (Å²) in [5.74, 6) is -0.220. The zero-order valence-corrected chi connectivity index (χ0v) is 26.0. The Hall–Kier alpha value is -4.05. The average molecular weight is 596 g/mol. The first-order chi connectivity index (χ1) is 20.0. The molecule has 1 atom stereocenters. The fourth-order valence-electron chi connectivity index (χ4n) is 4.35. The Morgan fingerprint density at radius 1 is 0.905 bits per heavy atom. The van der Waals surface area contributed by atoms with Gasteiger partial charge in [-0.2, -0.15) is 0 Å². The van der Waals surface area contributed by atoms with Gasteiger partial charge in [-0.1, -0.05) is 60.9 Å². The fraction of sp³-hybridized carbons (Fsp3) is 0.375. The van der Waals surface area contributed by atoms with Crippen molar-refractivity contribution in [1.82, 2.24) is 10.2 Å². The first-order valence-corrected chi connectivity index (χ1v) is 15.4. The minimum absolute atomic E-state index is 0.0150. The molecular weight excluding hydrogens is 554 g/mol. The van der Waals surface area contributed by atoms with Crippen LogP contribution in [0.3, 0.4) is 0 Å². The van der Waals surface area contributed by atoms with Crippen molar-refractivity contribution in [1.29, 1.82) is 0 Å². The molecule has 0 unspecified atom stereocenters. The molecule has 0 saturated carbocycles. The molecule has 0 radical (unpaired) electrons. The summed E-state index contributed by atoms with van der Waals surface area (Å²) in [7, 11) is -1.35. The van der Waals surface area contributed by atoms with Crippen molar-refractivity contribution in [2.24, 2.45) is 0 Å². The second-order valence-electron chi connectivity index (χ2n) is 10.2. The molecule has 42 heavy (non-hydrogen) atoms. The summed E-state index contributed by atoms with van der Waals surface area (Å²) in [6, 6.07) is 17.9. The van der Waals surface area contributed by atoms with Crippen LogP contribution < -0.4 is 19.1 Å². The van der Waals surface area contributed by atoms with Gasteiger partial charge in [-0.05, 0) is 57.0 Å². The number of nitrogens with one attached hydrogen (secondary N) is 1. The Balaban J connectivity index is 2.09. The van der Waals surface area contributed by atoms with E-state index in [9.17, 15) is 18.0 Å². The van der Waals surface area contributed by atoms with Crippen LogP contribution in [0.1, 0.15) is 43.4 Å². The molecule has 0 aliphatic carbocycles. The van der Waals surface area contributed by atoms with E-state index in [0.717, 1.165) is 33.8 Å². The average Bonchev–Trinajstić information content (AvgIpc) is 2.99. The number of methoxy groups -OCH3 is 2. The minimum atomic E-state index is -4.25. The van der Waals surface area contributed by atoms with Gasteiger partial charge in [-0.15, -0.1) is 0 Å². The van der Waals surface area contributed by atoms with Gasteiger partial charge in [-0.3, -0.25) is 13.9 Å². The SMILES string of the molecule is CCCCNC(=O)[C@@H](C)N(Cc1ccc(C)cc1)C(=O)CN(c1cc(OC)ccc1OC)S(=O)(=O)c1ccc(C)cc1. The highest BCUT2D eigenvalue weighted by Gasteiger charge is 2.34. The standard InChI is InChI=1S/C32H41N3O6S/c1-7-8-19-33-32(37)25(4)34(21-26-13-9-23(2)10-14-26)31(36)22-35(29-20-27(40-5)15-18-30(29)41-6)42(38,39)28-16-11-24(3)12-17-28/h9-18,20,25H,7-8,19,21-22H2,1-6H3,(H,33,37)/t25-/m1/s1. The number of sulfonamides is 1. The number of carbonyl (C=O) groups excluding carboxylic acids is 2. The number of hydrogen-bond acceptors (Lipinski definition) is 6. The third-order valence-corrected chi connectivity index (χ3v) is 8.79. The molecule has 1 N–H and O–H groups in total. The van der Waals surface area contributed by atoms with Gasteiger partial charge < -0.3 is 19.7 Å². The van der Waals surface area contributed by atoms with Crippen LogP contribution in [-0.2, 0) is 26.2 Å². The molecule has 0 aliphatic rings. The number of unbranched alkanes of at least 4 members (excludes halogenated alkanes) is 1. The van der Waals surface area contributed by atoms with Gasteiger partial charge in [0.2, 0.25) is 11.8 Å². The topological polar surface area (TPSA) is 105 Å². The van der Waals surface area contributed by atoms with E-state index in [1.165, 1.54) is 37.3 Å². The first-order valence-electron chi connectivity index (χ1n) is 14.0. The second-order valence-corrected chi connectivity index (χ2v) is 12.1. The number of amides is 2. The lowest BCUT2D eigenvalue weighted by molar-refractivity contribution is -0.139. The Labute approximate surface area is 249 Å². The van der Waals surface area contributed by atoms with Crippen molar-refractivity contribution in [2.75, 3.05) is 31.6 Å². The molecule has 0 spiro atoms. The summed E-state index contributed by atoms with van der Waals surface area (Å²) in [5.41, 5.74) is 2.90. The van der Waals surface area contributed by atoms with E-state index in [-0.39, 0.29) is 28.8 Å². The van der Waals surface area contributed by atoms with Gasteiger partial charge in [0.25, 0.3) is 10.0 Å². The number of benzene rings is 3. The largest absolute Gasteiger partial charge is 0.497 e. The summed E-state index contributed by atoms with van der Waals surface area (Å²) in [5, 5.41) is 2.89. The lowest BCUT2D eigenvalue weighted by Gasteiger charge is -2.32. The maximum atomic E-state index is 14.1. The van der Waals surface area contributed by atoms with Crippen LogP contribution in [0.5, 0.6) is 11.5 Å². The fourth-order valence-corrected chi connectivity index (χ4v) is 5.77. The summed E-state index contributed by atoms with van der Waals surface area (Å²) < 4.78 is 40.2. The van der Waals surface area contributed by atoms with E-state index in [2.05, 4.69) is 5.32 Å². The third-order valence-electron chi connectivity index (χ3n) is 7.01. The van der Waals surface area contributed by atoms with Crippen molar-refractivity contribution in [3.8, 4) is 11.5 Å². The number of nitrogens with zero attached hydrogens (tertiary/aromatic N) is 2. The smallest absolute Gasteiger partial charge is 0.264 e. The summed E-state index contributed by atoms with van der Waals surface area (Å²) in [6.07, 6.45) is 1.72. The van der Waals surface area contributed by atoms with Crippen molar-refractivity contribution >= 4 is 27.5 Å². The predicted molar refractivity (Wildman–Crippen MR) is 164 cm³/mol. The zero-order chi connectivity index (χ0) is 30.9. The zero-order valence-electron chi connectivity index (χ0n) is 25.2. The van der Waals surface area contributed by atoms with Crippen LogP contribution in [0.25, 0.3) is 0 Å². The predicted octanol–water partition coefficient (Wildman–Crippen LogP) is 4.85. The summed E-state index contributed by atoms with van der Waals surface area (Å²) >= 11 is 0. The Bertz CT molecular complexity index is 1460. The Morgan fingerprint density at radius 3 is 2.10 bits per heavy atom. The molecule has 0 heterocycles. The molecule has 0 aliphatic heterocycles. The van der Waals surface area contributed by atoms with Crippen LogP contribution in [0.4, 0.5) is 5.69 Å². The molecule has 3 rings (SSSR count).